The lowest BCUT2D eigenvalue weighted by Gasteiger charge is -2.22. The lowest BCUT2D eigenvalue weighted by molar-refractivity contribution is -0.121. The maximum atomic E-state index is 12.9. The molecule has 1 aliphatic heterocycles. The van der Waals surface area contributed by atoms with E-state index < -0.39 is 0 Å². The number of carbonyl (C=O) groups is 2. The van der Waals surface area contributed by atoms with Crippen LogP contribution < -0.4 is 14.8 Å². The first-order chi connectivity index (χ1) is 13.1. The van der Waals surface area contributed by atoms with Gasteiger partial charge in [-0.2, -0.15) is 0 Å². The molecule has 0 saturated carbocycles. The molecular formula is C20H21FN2O4. The number of likely N-dealkylation sites (N-methyl/N-ethyl adjacent to an activating group) is 1. The van der Waals surface area contributed by atoms with Gasteiger partial charge in [-0.3, -0.25) is 9.59 Å². The van der Waals surface area contributed by atoms with Crippen LogP contribution in [0.2, 0.25) is 0 Å². The second-order valence-corrected chi connectivity index (χ2v) is 6.08. The summed E-state index contributed by atoms with van der Waals surface area (Å²) >= 11 is 0. The van der Waals surface area contributed by atoms with E-state index in [0.29, 0.717) is 36.8 Å². The van der Waals surface area contributed by atoms with Crippen molar-refractivity contribution in [2.75, 3.05) is 26.3 Å². The quantitative estimate of drug-likeness (QED) is 0.845. The third kappa shape index (κ3) is 4.75. The van der Waals surface area contributed by atoms with Crippen molar-refractivity contribution in [2.24, 2.45) is 0 Å². The lowest BCUT2D eigenvalue weighted by atomic mass is 10.1. The highest BCUT2D eigenvalue weighted by Crippen LogP contribution is 2.31. The Morgan fingerprint density at radius 2 is 1.78 bits per heavy atom. The number of carbonyl (C=O) groups excluding carboxylic acids is 2. The van der Waals surface area contributed by atoms with Gasteiger partial charge < -0.3 is 19.7 Å². The van der Waals surface area contributed by atoms with Gasteiger partial charge in [0.2, 0.25) is 5.91 Å². The summed E-state index contributed by atoms with van der Waals surface area (Å²) in [4.78, 5) is 26.4. The summed E-state index contributed by atoms with van der Waals surface area (Å²) in [6, 6.07) is 10.9. The van der Waals surface area contributed by atoms with Crippen molar-refractivity contribution in [3.05, 3.63) is 59.4 Å². The van der Waals surface area contributed by atoms with Crippen LogP contribution in [0.3, 0.4) is 0 Å². The number of ether oxygens (including phenoxy) is 2. The molecule has 3 rings (SSSR count). The Balaban J connectivity index is 1.59. The van der Waals surface area contributed by atoms with Gasteiger partial charge in [-0.1, -0.05) is 12.1 Å². The van der Waals surface area contributed by atoms with Gasteiger partial charge in [0, 0.05) is 18.7 Å². The third-order valence-corrected chi connectivity index (χ3v) is 4.20. The van der Waals surface area contributed by atoms with Gasteiger partial charge in [-0.05, 0) is 42.8 Å². The van der Waals surface area contributed by atoms with Gasteiger partial charge >= 0.3 is 0 Å². The van der Waals surface area contributed by atoms with Crippen LogP contribution in [0.15, 0.2) is 42.5 Å². The highest BCUT2D eigenvalue weighted by molar-refractivity contribution is 5.97. The Morgan fingerprint density at radius 3 is 2.48 bits per heavy atom. The molecule has 1 aliphatic rings. The Kier molecular flexibility index (Phi) is 5.90. The molecule has 6 nitrogen and oxygen atoms in total. The van der Waals surface area contributed by atoms with Crippen molar-refractivity contribution >= 4 is 11.8 Å². The number of amides is 2. The molecule has 0 fully saturated rings. The molecule has 0 bridgehead atoms. The highest BCUT2D eigenvalue weighted by Gasteiger charge is 2.20. The maximum absolute atomic E-state index is 12.9. The minimum Gasteiger partial charge on any atom is -0.486 e. The summed E-state index contributed by atoms with van der Waals surface area (Å²) in [6.07, 6.45) is 0. The molecule has 0 unspecified atom stereocenters. The Hall–Kier alpha value is -3.09. The normalized spacial score (nSPS) is 12.4. The summed E-state index contributed by atoms with van der Waals surface area (Å²) in [5.41, 5.74) is 1.22. The number of benzene rings is 2. The maximum Gasteiger partial charge on any atom is 0.254 e. The highest BCUT2D eigenvalue weighted by atomic mass is 19.1. The van der Waals surface area contributed by atoms with Crippen LogP contribution in [-0.4, -0.2) is 43.0 Å². The van der Waals surface area contributed by atoms with E-state index in [-0.39, 0.29) is 30.7 Å². The molecule has 27 heavy (non-hydrogen) atoms. The van der Waals surface area contributed by atoms with Crippen molar-refractivity contribution in [3.63, 3.8) is 0 Å². The standard InChI is InChI=1S/C20H21FN2O4/c1-2-23(13-19(24)22-12-14-3-6-16(21)7-4-14)20(25)15-5-8-17-18(11-15)27-10-9-26-17/h3-8,11H,2,9-10,12-13H2,1H3,(H,22,24). The predicted molar refractivity (Wildman–Crippen MR) is 97.3 cm³/mol. The first-order valence-electron chi connectivity index (χ1n) is 8.77. The second-order valence-electron chi connectivity index (χ2n) is 6.08. The monoisotopic (exact) mass is 372 g/mol. The van der Waals surface area contributed by atoms with E-state index in [9.17, 15) is 14.0 Å². The van der Waals surface area contributed by atoms with E-state index in [1.165, 1.54) is 17.0 Å². The summed E-state index contributed by atoms with van der Waals surface area (Å²) in [5.74, 6) is 0.271. The molecule has 2 amide bonds. The van der Waals surface area contributed by atoms with Crippen molar-refractivity contribution in [2.45, 2.75) is 13.5 Å². The van der Waals surface area contributed by atoms with Crippen LogP contribution in [-0.2, 0) is 11.3 Å². The lowest BCUT2D eigenvalue weighted by Crippen LogP contribution is -2.40. The van der Waals surface area contributed by atoms with Crippen LogP contribution in [0, 0.1) is 5.82 Å². The minimum atomic E-state index is -0.327. The van der Waals surface area contributed by atoms with Gasteiger partial charge in [0.25, 0.3) is 5.91 Å². The second kappa shape index (κ2) is 8.53. The number of rotatable bonds is 6. The molecule has 2 aromatic rings. The van der Waals surface area contributed by atoms with Crippen LogP contribution in [0.4, 0.5) is 4.39 Å². The summed E-state index contributed by atoms with van der Waals surface area (Å²) in [5, 5.41) is 2.74. The molecular weight excluding hydrogens is 351 g/mol. The zero-order valence-electron chi connectivity index (χ0n) is 15.0. The van der Waals surface area contributed by atoms with Crippen LogP contribution in [0.25, 0.3) is 0 Å². The van der Waals surface area contributed by atoms with Gasteiger partial charge in [-0.15, -0.1) is 0 Å². The Bertz CT molecular complexity index is 823. The fourth-order valence-corrected chi connectivity index (χ4v) is 2.72. The molecule has 0 atom stereocenters. The Morgan fingerprint density at radius 1 is 1.07 bits per heavy atom. The Labute approximate surface area is 156 Å². The van der Waals surface area contributed by atoms with Crippen molar-refractivity contribution < 1.29 is 23.5 Å². The fraction of sp³-hybridized carbons (Fsp3) is 0.300. The van der Waals surface area contributed by atoms with Gasteiger partial charge in [-0.25, -0.2) is 4.39 Å². The van der Waals surface area contributed by atoms with E-state index >= 15 is 0 Å². The number of nitrogens with one attached hydrogen (secondary N) is 1. The van der Waals surface area contributed by atoms with E-state index in [1.807, 2.05) is 6.92 Å². The summed E-state index contributed by atoms with van der Waals surface area (Å²) in [6.45, 7) is 3.32. The molecule has 0 saturated heterocycles. The average Bonchev–Trinajstić information content (AvgIpc) is 2.70. The number of hydrogen-bond donors (Lipinski definition) is 1. The van der Waals surface area contributed by atoms with Gasteiger partial charge in [0.1, 0.15) is 19.0 Å². The van der Waals surface area contributed by atoms with E-state index in [2.05, 4.69) is 5.32 Å². The number of halogens is 1. The zero-order valence-corrected chi connectivity index (χ0v) is 15.0. The fourth-order valence-electron chi connectivity index (χ4n) is 2.72. The van der Waals surface area contributed by atoms with Crippen molar-refractivity contribution in [1.29, 1.82) is 0 Å². The van der Waals surface area contributed by atoms with E-state index in [4.69, 9.17) is 9.47 Å². The number of hydrogen-bond acceptors (Lipinski definition) is 4. The molecule has 0 radical (unpaired) electrons. The largest absolute Gasteiger partial charge is 0.486 e. The molecule has 7 heteroatoms. The topological polar surface area (TPSA) is 67.9 Å². The first kappa shape index (κ1) is 18.7. The smallest absolute Gasteiger partial charge is 0.254 e. The predicted octanol–water partition coefficient (Wildman–Crippen LogP) is 2.38. The van der Waals surface area contributed by atoms with Crippen molar-refractivity contribution in [1.82, 2.24) is 10.2 Å². The summed E-state index contributed by atoms with van der Waals surface area (Å²) in [7, 11) is 0. The van der Waals surface area contributed by atoms with Gasteiger partial charge in [0.15, 0.2) is 11.5 Å². The van der Waals surface area contributed by atoms with Crippen LogP contribution in [0.5, 0.6) is 11.5 Å². The zero-order chi connectivity index (χ0) is 19.2. The molecule has 0 aromatic heterocycles. The average molecular weight is 372 g/mol. The number of fused-ring (bicyclic) bond motifs is 1. The first-order valence-corrected chi connectivity index (χ1v) is 8.77. The molecule has 0 spiro atoms. The van der Waals surface area contributed by atoms with E-state index in [0.717, 1.165) is 5.56 Å². The molecule has 0 aliphatic carbocycles. The molecule has 1 N–H and O–H groups in total. The number of nitrogens with zero attached hydrogens (tertiary/aromatic N) is 1. The molecule has 2 aromatic carbocycles. The van der Waals surface area contributed by atoms with Crippen molar-refractivity contribution in [3.8, 4) is 11.5 Å². The van der Waals surface area contributed by atoms with Gasteiger partial charge in [0.05, 0.1) is 6.54 Å². The van der Waals surface area contributed by atoms with Crippen LogP contribution in [0.1, 0.15) is 22.8 Å². The summed E-state index contributed by atoms with van der Waals surface area (Å²) < 4.78 is 23.9. The van der Waals surface area contributed by atoms with Crippen LogP contribution >= 0.6 is 0 Å². The SMILES string of the molecule is CCN(CC(=O)NCc1ccc(F)cc1)C(=O)c1ccc2c(c1)OCCO2. The van der Waals surface area contributed by atoms with E-state index in [1.54, 1.807) is 30.3 Å². The molecule has 1 heterocycles. The minimum absolute atomic E-state index is 0.0645. The third-order valence-electron chi connectivity index (χ3n) is 4.20. The molecule has 142 valence electrons.